The molecule has 0 bridgehead atoms. The van der Waals surface area contributed by atoms with E-state index in [-0.39, 0.29) is 42.3 Å². The standard InChI is InChI=1S/C21H28N8O2/c1-2-6-27-21(31)15-5-3-4-14(9-15)17(11-23)29-12-16(10-22)28-13-18(30)19-20(24)26-8-7-25-19/h3-5,7-10,12,17,28H,2,6,11,13,22-23H2,1H3,(H2,24,26)(H,27,31). The van der Waals surface area contributed by atoms with E-state index in [2.05, 4.69) is 25.6 Å². The van der Waals surface area contributed by atoms with Crippen molar-refractivity contribution in [2.45, 2.75) is 19.4 Å². The first-order valence-corrected chi connectivity index (χ1v) is 9.87. The molecule has 1 heterocycles. The molecule has 0 spiro atoms. The molecule has 0 fully saturated rings. The maximum Gasteiger partial charge on any atom is 0.251 e. The van der Waals surface area contributed by atoms with Gasteiger partial charge in [-0.15, -0.1) is 0 Å². The first kappa shape index (κ1) is 23.5. The molecule has 1 atom stereocenters. The Morgan fingerprint density at radius 1 is 1.23 bits per heavy atom. The van der Waals surface area contributed by atoms with Crippen LogP contribution >= 0.6 is 0 Å². The van der Waals surface area contributed by atoms with Gasteiger partial charge in [0.15, 0.2) is 5.82 Å². The summed E-state index contributed by atoms with van der Waals surface area (Å²) >= 11 is 0. The average Bonchev–Trinajstić information content (AvgIpc) is 2.80. The monoisotopic (exact) mass is 424 g/mol. The van der Waals surface area contributed by atoms with E-state index in [1.165, 1.54) is 24.8 Å². The Kier molecular flexibility index (Phi) is 9.12. The second-order valence-electron chi connectivity index (χ2n) is 6.60. The first-order chi connectivity index (χ1) is 15.0. The van der Waals surface area contributed by atoms with Crippen LogP contribution in [0.5, 0.6) is 0 Å². The fourth-order valence-corrected chi connectivity index (χ4v) is 2.66. The summed E-state index contributed by atoms with van der Waals surface area (Å²) in [4.78, 5) is 36.7. The fourth-order valence-electron chi connectivity index (χ4n) is 2.66. The number of hydrogen-bond acceptors (Lipinski definition) is 9. The molecule has 1 aromatic heterocycles. The van der Waals surface area contributed by atoms with Crippen molar-refractivity contribution < 1.29 is 9.59 Å². The molecule has 2 rings (SSSR count). The number of aromatic nitrogens is 2. The Balaban J connectivity index is 2.04. The number of nitrogens with one attached hydrogen (secondary N) is 2. The van der Waals surface area contributed by atoms with E-state index in [1.807, 2.05) is 13.0 Å². The molecule has 10 heteroatoms. The summed E-state index contributed by atoms with van der Waals surface area (Å²) in [6.45, 7) is 2.74. The molecule has 31 heavy (non-hydrogen) atoms. The predicted molar refractivity (Wildman–Crippen MR) is 120 cm³/mol. The molecular formula is C21H28N8O2. The van der Waals surface area contributed by atoms with Gasteiger partial charge in [0.2, 0.25) is 5.78 Å². The molecule has 0 aliphatic carbocycles. The van der Waals surface area contributed by atoms with E-state index in [4.69, 9.17) is 17.2 Å². The molecule has 1 unspecified atom stereocenters. The molecule has 8 N–H and O–H groups in total. The zero-order valence-electron chi connectivity index (χ0n) is 17.4. The van der Waals surface area contributed by atoms with Crippen LogP contribution in [-0.2, 0) is 0 Å². The van der Waals surface area contributed by atoms with Gasteiger partial charge in [-0.2, -0.15) is 0 Å². The van der Waals surface area contributed by atoms with Crippen LogP contribution in [0.3, 0.4) is 0 Å². The van der Waals surface area contributed by atoms with Crippen LogP contribution in [0.15, 0.2) is 53.5 Å². The molecule has 2 aromatic rings. The lowest BCUT2D eigenvalue weighted by atomic mass is 10.0. The zero-order valence-corrected chi connectivity index (χ0v) is 17.4. The van der Waals surface area contributed by atoms with Crippen molar-refractivity contribution in [1.82, 2.24) is 20.6 Å². The van der Waals surface area contributed by atoms with Crippen LogP contribution in [0.2, 0.25) is 0 Å². The number of allylic oxidation sites excluding steroid dienone is 1. The third kappa shape index (κ3) is 6.89. The second kappa shape index (κ2) is 12.0. The van der Waals surface area contributed by atoms with E-state index in [0.717, 1.165) is 12.0 Å². The Morgan fingerprint density at radius 2 is 2.00 bits per heavy atom. The maximum absolute atomic E-state index is 12.3. The molecule has 0 aliphatic rings. The lowest BCUT2D eigenvalue weighted by Gasteiger charge is -2.13. The van der Waals surface area contributed by atoms with Crippen LogP contribution in [0.4, 0.5) is 5.82 Å². The first-order valence-electron chi connectivity index (χ1n) is 9.87. The normalized spacial score (nSPS) is 12.5. The summed E-state index contributed by atoms with van der Waals surface area (Å²) in [6.07, 6.45) is 6.45. The van der Waals surface area contributed by atoms with Crippen molar-refractivity contribution in [3.05, 3.63) is 65.4 Å². The minimum absolute atomic E-state index is 0.0623. The molecule has 0 aliphatic heterocycles. The highest BCUT2D eigenvalue weighted by atomic mass is 16.1. The Hall–Kier alpha value is -3.79. The summed E-state index contributed by atoms with van der Waals surface area (Å²) in [5.41, 5.74) is 19.0. The summed E-state index contributed by atoms with van der Waals surface area (Å²) in [5.74, 6) is -0.415. The van der Waals surface area contributed by atoms with Gasteiger partial charge in [0.05, 0.1) is 18.3 Å². The zero-order chi connectivity index (χ0) is 22.6. The van der Waals surface area contributed by atoms with Crippen molar-refractivity contribution in [3.8, 4) is 0 Å². The van der Waals surface area contributed by atoms with Gasteiger partial charge in [0.1, 0.15) is 5.69 Å². The van der Waals surface area contributed by atoms with Gasteiger partial charge in [0.25, 0.3) is 5.91 Å². The summed E-state index contributed by atoms with van der Waals surface area (Å²) in [6, 6.07) is 6.76. The van der Waals surface area contributed by atoms with E-state index in [9.17, 15) is 9.59 Å². The highest BCUT2D eigenvalue weighted by molar-refractivity contribution is 6.00. The van der Waals surface area contributed by atoms with Crippen molar-refractivity contribution in [2.24, 2.45) is 16.5 Å². The maximum atomic E-state index is 12.3. The number of nitrogens with zero attached hydrogens (tertiary/aromatic N) is 3. The van der Waals surface area contributed by atoms with Crippen LogP contribution in [0.25, 0.3) is 0 Å². The van der Waals surface area contributed by atoms with E-state index >= 15 is 0 Å². The summed E-state index contributed by atoms with van der Waals surface area (Å²) < 4.78 is 0. The quantitative estimate of drug-likeness (QED) is 0.256. The molecule has 0 saturated heterocycles. The lowest BCUT2D eigenvalue weighted by Crippen LogP contribution is -2.26. The Morgan fingerprint density at radius 3 is 2.68 bits per heavy atom. The van der Waals surface area contributed by atoms with Crippen LogP contribution in [0.1, 0.15) is 45.8 Å². The van der Waals surface area contributed by atoms with Gasteiger partial charge in [0, 0.05) is 43.5 Å². The number of aliphatic imine (C=N–C) groups is 1. The van der Waals surface area contributed by atoms with Crippen LogP contribution in [0, 0.1) is 0 Å². The molecule has 1 aromatic carbocycles. The highest BCUT2D eigenvalue weighted by Gasteiger charge is 2.13. The van der Waals surface area contributed by atoms with Gasteiger partial charge >= 0.3 is 0 Å². The van der Waals surface area contributed by atoms with Crippen molar-refractivity contribution >= 4 is 23.7 Å². The average molecular weight is 425 g/mol. The third-order valence-corrected chi connectivity index (χ3v) is 4.31. The van der Waals surface area contributed by atoms with E-state index in [1.54, 1.807) is 18.2 Å². The van der Waals surface area contributed by atoms with Gasteiger partial charge in [-0.1, -0.05) is 19.1 Å². The van der Waals surface area contributed by atoms with E-state index in [0.29, 0.717) is 17.8 Å². The van der Waals surface area contributed by atoms with Crippen LogP contribution in [-0.4, -0.2) is 47.5 Å². The number of nitrogens with two attached hydrogens (primary N) is 3. The number of nitrogen functional groups attached to an aromatic ring is 1. The summed E-state index contributed by atoms with van der Waals surface area (Å²) in [7, 11) is 0. The number of Topliss-reactive ketones (excluding diaryl/α,β-unsaturated/α-hetero) is 1. The number of carbonyl (C=O) groups is 2. The fraction of sp³-hybridized carbons (Fsp3) is 0.286. The van der Waals surface area contributed by atoms with Gasteiger partial charge < -0.3 is 27.8 Å². The van der Waals surface area contributed by atoms with E-state index < -0.39 is 0 Å². The summed E-state index contributed by atoms with van der Waals surface area (Å²) in [5, 5.41) is 5.73. The molecule has 164 valence electrons. The molecule has 10 nitrogen and oxygen atoms in total. The number of anilines is 1. The van der Waals surface area contributed by atoms with Crippen molar-refractivity contribution in [2.75, 3.05) is 25.4 Å². The topological polar surface area (TPSA) is 174 Å². The van der Waals surface area contributed by atoms with Crippen molar-refractivity contribution in [3.63, 3.8) is 0 Å². The van der Waals surface area contributed by atoms with Gasteiger partial charge in [-0.05, 0) is 24.1 Å². The highest BCUT2D eigenvalue weighted by Crippen LogP contribution is 2.17. The number of carbonyl (C=O) groups excluding carboxylic acids is 2. The number of amides is 1. The minimum atomic E-state index is -0.387. The Bertz CT molecular complexity index is 958. The van der Waals surface area contributed by atoms with Gasteiger partial charge in [-0.3, -0.25) is 14.6 Å². The smallest absolute Gasteiger partial charge is 0.251 e. The minimum Gasteiger partial charge on any atom is -0.403 e. The number of ketones is 1. The predicted octanol–water partition coefficient (Wildman–Crippen LogP) is 0.542. The Labute approximate surface area is 181 Å². The SMILES string of the molecule is CCCNC(=O)c1cccc(C(CN)N=CC(=CN)NCC(=O)c2nccnc2N)c1. The number of rotatable bonds is 11. The van der Waals surface area contributed by atoms with Crippen LogP contribution < -0.4 is 27.8 Å². The lowest BCUT2D eigenvalue weighted by molar-refractivity contribution is 0.0952. The number of hydrogen-bond donors (Lipinski definition) is 5. The molecule has 1 amide bonds. The molecule has 0 radical (unpaired) electrons. The molecule has 0 saturated carbocycles. The largest absolute Gasteiger partial charge is 0.403 e. The third-order valence-electron chi connectivity index (χ3n) is 4.31. The van der Waals surface area contributed by atoms with Gasteiger partial charge in [-0.25, -0.2) is 9.97 Å². The molecular weight excluding hydrogens is 396 g/mol. The second-order valence-corrected chi connectivity index (χ2v) is 6.60. The number of benzene rings is 1. The van der Waals surface area contributed by atoms with Crippen molar-refractivity contribution in [1.29, 1.82) is 0 Å².